The van der Waals surface area contributed by atoms with Crippen LogP contribution in [0.5, 0.6) is 0 Å². The van der Waals surface area contributed by atoms with Crippen LogP contribution < -0.4 is 5.32 Å². The molecule has 0 unspecified atom stereocenters. The summed E-state index contributed by atoms with van der Waals surface area (Å²) >= 11 is 0. The summed E-state index contributed by atoms with van der Waals surface area (Å²) in [5.41, 5.74) is 0. The van der Waals surface area contributed by atoms with Crippen molar-refractivity contribution < 1.29 is 0 Å². The number of nitrogens with one attached hydrogen (secondary N) is 1. The van der Waals surface area contributed by atoms with Crippen molar-refractivity contribution in [2.45, 2.75) is 39.0 Å². The van der Waals surface area contributed by atoms with Gasteiger partial charge in [0.25, 0.3) is 0 Å². The SMILES string of the molecule is CCC[C@@H]1CCCNCC1. The molecule has 0 radical (unpaired) electrons. The molecular weight excluding hydrogens is 122 g/mol. The van der Waals surface area contributed by atoms with Crippen molar-refractivity contribution in [2.24, 2.45) is 5.92 Å². The molecule has 0 amide bonds. The lowest BCUT2D eigenvalue weighted by atomic mass is 9.96. The normalized spacial score (nSPS) is 27.9. The largest absolute Gasteiger partial charge is 0.317 e. The van der Waals surface area contributed by atoms with Gasteiger partial charge in [-0.05, 0) is 38.3 Å². The van der Waals surface area contributed by atoms with Gasteiger partial charge in [0.15, 0.2) is 0 Å². The molecule has 1 atom stereocenters. The quantitative estimate of drug-likeness (QED) is 0.621. The van der Waals surface area contributed by atoms with Crippen LogP contribution in [0.2, 0.25) is 0 Å². The van der Waals surface area contributed by atoms with E-state index in [0.717, 1.165) is 5.92 Å². The highest BCUT2D eigenvalue weighted by atomic mass is 14.8. The molecule has 1 rings (SSSR count). The van der Waals surface area contributed by atoms with E-state index in [-0.39, 0.29) is 0 Å². The summed E-state index contributed by atoms with van der Waals surface area (Å²) in [6, 6.07) is 0. The predicted molar refractivity (Wildman–Crippen MR) is 45.1 cm³/mol. The summed E-state index contributed by atoms with van der Waals surface area (Å²) in [7, 11) is 0. The molecule has 0 saturated carbocycles. The molecule has 10 heavy (non-hydrogen) atoms. The van der Waals surface area contributed by atoms with Crippen molar-refractivity contribution in [1.29, 1.82) is 0 Å². The fraction of sp³-hybridized carbons (Fsp3) is 1.00. The van der Waals surface area contributed by atoms with Crippen LogP contribution in [0.1, 0.15) is 39.0 Å². The van der Waals surface area contributed by atoms with Gasteiger partial charge in [-0.25, -0.2) is 0 Å². The summed E-state index contributed by atoms with van der Waals surface area (Å²) in [5.74, 6) is 1.03. The Balaban J connectivity index is 2.15. The lowest BCUT2D eigenvalue weighted by Gasteiger charge is -2.10. The third-order valence-corrected chi connectivity index (χ3v) is 2.39. The van der Waals surface area contributed by atoms with Gasteiger partial charge in [-0.1, -0.05) is 19.8 Å². The highest BCUT2D eigenvalue weighted by Gasteiger charge is 2.09. The first-order valence-electron chi connectivity index (χ1n) is 4.64. The summed E-state index contributed by atoms with van der Waals surface area (Å²) in [4.78, 5) is 0. The zero-order chi connectivity index (χ0) is 7.23. The Kier molecular flexibility index (Phi) is 3.81. The Morgan fingerprint density at radius 2 is 2.20 bits per heavy atom. The van der Waals surface area contributed by atoms with Gasteiger partial charge in [0.2, 0.25) is 0 Å². The first kappa shape index (κ1) is 8.06. The van der Waals surface area contributed by atoms with Crippen LogP contribution in [0.4, 0.5) is 0 Å². The van der Waals surface area contributed by atoms with Crippen molar-refractivity contribution in [3.8, 4) is 0 Å². The Morgan fingerprint density at radius 1 is 1.30 bits per heavy atom. The monoisotopic (exact) mass is 141 g/mol. The molecule has 60 valence electrons. The molecule has 0 aromatic carbocycles. The van der Waals surface area contributed by atoms with Crippen LogP contribution in [-0.2, 0) is 0 Å². The summed E-state index contributed by atoms with van der Waals surface area (Å²) in [6.07, 6.45) is 7.08. The molecule has 1 fully saturated rings. The minimum Gasteiger partial charge on any atom is -0.317 e. The van der Waals surface area contributed by atoms with Crippen LogP contribution in [0.15, 0.2) is 0 Å². The molecule has 1 aliphatic rings. The lowest BCUT2D eigenvalue weighted by Crippen LogP contribution is -2.13. The van der Waals surface area contributed by atoms with Crippen LogP contribution in [0, 0.1) is 5.92 Å². The Morgan fingerprint density at radius 3 is 3.00 bits per heavy atom. The number of rotatable bonds is 2. The molecule has 0 bridgehead atoms. The Labute approximate surface area is 64.2 Å². The van der Waals surface area contributed by atoms with Gasteiger partial charge >= 0.3 is 0 Å². The van der Waals surface area contributed by atoms with Crippen LogP contribution >= 0.6 is 0 Å². The van der Waals surface area contributed by atoms with E-state index in [1.807, 2.05) is 0 Å². The molecular formula is C9H19N. The fourth-order valence-corrected chi connectivity index (χ4v) is 1.79. The van der Waals surface area contributed by atoms with Gasteiger partial charge < -0.3 is 5.32 Å². The van der Waals surface area contributed by atoms with Gasteiger partial charge in [0.05, 0.1) is 0 Å². The first-order chi connectivity index (χ1) is 4.93. The van der Waals surface area contributed by atoms with Crippen molar-refractivity contribution in [3.63, 3.8) is 0 Å². The zero-order valence-electron chi connectivity index (χ0n) is 7.03. The molecule has 1 nitrogen and oxygen atoms in total. The molecule has 0 spiro atoms. The second kappa shape index (κ2) is 4.73. The van der Waals surface area contributed by atoms with Crippen molar-refractivity contribution in [1.82, 2.24) is 5.32 Å². The van der Waals surface area contributed by atoms with Crippen molar-refractivity contribution in [3.05, 3.63) is 0 Å². The molecule has 1 N–H and O–H groups in total. The summed E-state index contributed by atoms with van der Waals surface area (Å²) in [6.45, 7) is 4.79. The zero-order valence-corrected chi connectivity index (χ0v) is 7.03. The minimum atomic E-state index is 1.03. The maximum Gasteiger partial charge on any atom is -0.00463 e. The maximum absolute atomic E-state index is 3.44. The van der Waals surface area contributed by atoms with Crippen molar-refractivity contribution in [2.75, 3.05) is 13.1 Å². The Bertz CT molecular complexity index is 72.8. The van der Waals surface area contributed by atoms with Crippen molar-refractivity contribution >= 4 is 0 Å². The summed E-state index contributed by atoms with van der Waals surface area (Å²) < 4.78 is 0. The van der Waals surface area contributed by atoms with Gasteiger partial charge in [-0.3, -0.25) is 0 Å². The van der Waals surface area contributed by atoms with Crippen LogP contribution in [-0.4, -0.2) is 13.1 Å². The maximum atomic E-state index is 3.44. The van der Waals surface area contributed by atoms with Crippen LogP contribution in [0.3, 0.4) is 0 Å². The molecule has 1 saturated heterocycles. The van der Waals surface area contributed by atoms with E-state index in [9.17, 15) is 0 Å². The highest BCUT2D eigenvalue weighted by molar-refractivity contribution is 4.65. The van der Waals surface area contributed by atoms with E-state index >= 15 is 0 Å². The third-order valence-electron chi connectivity index (χ3n) is 2.39. The smallest absolute Gasteiger partial charge is 0.00463 e. The van der Waals surface area contributed by atoms with E-state index in [0.29, 0.717) is 0 Å². The summed E-state index contributed by atoms with van der Waals surface area (Å²) in [5, 5.41) is 3.44. The number of hydrogen-bond acceptors (Lipinski definition) is 1. The molecule has 1 heteroatoms. The average molecular weight is 141 g/mol. The molecule has 1 heterocycles. The molecule has 0 aliphatic carbocycles. The Hall–Kier alpha value is -0.0400. The molecule has 0 aromatic heterocycles. The second-order valence-corrected chi connectivity index (χ2v) is 3.34. The minimum absolute atomic E-state index is 1.03. The molecule has 1 aliphatic heterocycles. The topological polar surface area (TPSA) is 12.0 Å². The third kappa shape index (κ3) is 2.70. The average Bonchev–Trinajstić information content (AvgIpc) is 2.17. The highest BCUT2D eigenvalue weighted by Crippen LogP contribution is 2.18. The standard InChI is InChI=1S/C9H19N/c1-2-4-9-5-3-7-10-8-6-9/h9-10H,2-8H2,1H3/t9-/m1/s1. The fourth-order valence-electron chi connectivity index (χ4n) is 1.79. The van der Waals surface area contributed by atoms with E-state index in [2.05, 4.69) is 12.2 Å². The lowest BCUT2D eigenvalue weighted by molar-refractivity contribution is 0.434. The second-order valence-electron chi connectivity index (χ2n) is 3.34. The molecule has 0 aromatic rings. The van der Waals surface area contributed by atoms with E-state index in [4.69, 9.17) is 0 Å². The van der Waals surface area contributed by atoms with Gasteiger partial charge in [-0.15, -0.1) is 0 Å². The first-order valence-corrected chi connectivity index (χ1v) is 4.64. The van der Waals surface area contributed by atoms with Crippen LogP contribution in [0.25, 0.3) is 0 Å². The van der Waals surface area contributed by atoms with E-state index < -0.39 is 0 Å². The van der Waals surface area contributed by atoms with E-state index in [1.54, 1.807) is 0 Å². The van der Waals surface area contributed by atoms with Gasteiger partial charge in [0.1, 0.15) is 0 Å². The van der Waals surface area contributed by atoms with E-state index in [1.165, 1.54) is 45.2 Å². The van der Waals surface area contributed by atoms with Gasteiger partial charge in [0, 0.05) is 0 Å². The van der Waals surface area contributed by atoms with Gasteiger partial charge in [-0.2, -0.15) is 0 Å². The predicted octanol–water partition coefficient (Wildman–Crippen LogP) is 2.18. The number of hydrogen-bond donors (Lipinski definition) is 1.